The van der Waals surface area contributed by atoms with E-state index in [4.69, 9.17) is 18.9 Å². The Morgan fingerprint density at radius 1 is 0.600 bits per heavy atom. The lowest BCUT2D eigenvalue weighted by Crippen LogP contribution is -2.33. The first-order valence-corrected chi connectivity index (χ1v) is 14.3. The van der Waals surface area contributed by atoms with E-state index < -0.39 is 25.8 Å². The van der Waals surface area contributed by atoms with Crippen molar-refractivity contribution in [2.24, 2.45) is 0 Å². The molecule has 222 valence electrons. The maximum atomic E-state index is 13.2. The van der Waals surface area contributed by atoms with Crippen LogP contribution < -0.4 is 25.1 Å². The van der Waals surface area contributed by atoms with Gasteiger partial charge in [0, 0.05) is 28.8 Å². The molecule has 2 heterocycles. The molecule has 0 amide bonds. The lowest BCUT2D eigenvalue weighted by Gasteiger charge is -2.36. The highest BCUT2D eigenvalue weighted by atomic mass is 16.6. The minimum atomic E-state index is -1.64. The van der Waals surface area contributed by atoms with Gasteiger partial charge in [-0.3, -0.25) is 0 Å². The molecule has 4 N–H and O–H groups in total. The molecule has 0 atom stereocenters. The van der Waals surface area contributed by atoms with E-state index in [9.17, 15) is 24.9 Å². The third kappa shape index (κ3) is 5.01. The summed E-state index contributed by atoms with van der Waals surface area (Å²) in [6, 6.07) is 31.5. The van der Waals surface area contributed by atoms with Crippen LogP contribution in [0.15, 0.2) is 109 Å². The van der Waals surface area contributed by atoms with E-state index >= 15 is 0 Å². The highest BCUT2D eigenvalue weighted by Crippen LogP contribution is 2.57. The van der Waals surface area contributed by atoms with Gasteiger partial charge in [-0.1, -0.05) is 66.7 Å². The van der Waals surface area contributed by atoms with Gasteiger partial charge in [-0.15, -0.1) is 0 Å². The molecule has 9 nitrogen and oxygen atoms in total. The van der Waals surface area contributed by atoms with Gasteiger partial charge in [-0.2, -0.15) is 0 Å². The zero-order chi connectivity index (χ0) is 31.1. The van der Waals surface area contributed by atoms with Gasteiger partial charge in [0.1, 0.15) is 36.2 Å². The Morgan fingerprint density at radius 2 is 1.09 bits per heavy atom. The fraction of sp³-hybridized carbons (Fsp3) is 0.0882. The molecule has 11 heteroatoms. The Morgan fingerprint density at radius 3 is 1.62 bits per heavy atom. The van der Waals surface area contributed by atoms with Gasteiger partial charge >= 0.3 is 20.2 Å². The average Bonchev–Trinajstić information content (AvgIpc) is 3.35. The summed E-state index contributed by atoms with van der Waals surface area (Å²) in [4.78, 5) is 13.2. The van der Waals surface area contributed by atoms with E-state index in [2.05, 4.69) is 0 Å². The first kappa shape index (κ1) is 28.7. The monoisotopic (exact) mass is 600 g/mol. The number of hydrogen-bond donors (Lipinski definition) is 4. The zero-order valence-electron chi connectivity index (χ0n) is 23.8. The number of fused-ring (bicyclic) bond motifs is 6. The molecule has 5 aromatic carbocycles. The summed E-state index contributed by atoms with van der Waals surface area (Å²) in [5.74, 6) is 1.28. The van der Waals surface area contributed by atoms with Crippen LogP contribution in [0.25, 0.3) is 0 Å². The first-order valence-electron chi connectivity index (χ1n) is 14.3. The summed E-state index contributed by atoms with van der Waals surface area (Å²) in [7, 11) is -3.27. The quantitative estimate of drug-likeness (QED) is 0.157. The lowest BCUT2D eigenvalue weighted by molar-refractivity contribution is 0.0224. The van der Waals surface area contributed by atoms with Crippen molar-refractivity contribution in [3.05, 3.63) is 143 Å². The van der Waals surface area contributed by atoms with Crippen LogP contribution in [0, 0.1) is 0 Å². The largest absolute Gasteiger partial charge is 0.489 e. The molecule has 0 aliphatic carbocycles. The standard InChI is InChI=1S/C34H26B2O9/c37-33-25-9-3-4-10-26(25)34(45-33)27-15-13-23(42-19-21-7-1-5-11-29(21)35(38)39)17-31(27)44-32-18-24(14-16-28(32)34)43-20-22-8-2-6-12-30(22)36(40)41/h1-18,38-41H,19-20H2. The van der Waals surface area contributed by atoms with Gasteiger partial charge in [-0.05, 0) is 52.4 Å². The van der Waals surface area contributed by atoms with E-state index in [1.807, 2.05) is 12.1 Å². The number of carbonyl (C=O) groups is 1. The molecular formula is C34H26B2O9. The van der Waals surface area contributed by atoms with Gasteiger partial charge in [0.05, 0.1) is 5.56 Å². The molecule has 5 aromatic rings. The third-order valence-electron chi connectivity index (χ3n) is 8.11. The van der Waals surface area contributed by atoms with Gasteiger partial charge in [0.15, 0.2) is 5.60 Å². The normalized spacial score (nSPS) is 13.6. The number of rotatable bonds is 8. The van der Waals surface area contributed by atoms with Crippen molar-refractivity contribution < 1.29 is 43.8 Å². The SMILES string of the molecule is O=C1OC2(c3ccc(OCc4ccccc4B(O)O)cc3Oc3cc(OCc4ccccc4B(O)O)ccc32)c2ccccc21. The Kier molecular flexibility index (Phi) is 7.31. The van der Waals surface area contributed by atoms with Crippen LogP contribution >= 0.6 is 0 Å². The van der Waals surface area contributed by atoms with E-state index in [0.29, 0.717) is 67.3 Å². The molecule has 45 heavy (non-hydrogen) atoms. The van der Waals surface area contributed by atoms with Crippen molar-refractivity contribution in [3.8, 4) is 23.0 Å². The Bertz CT molecular complexity index is 1820. The van der Waals surface area contributed by atoms with Gasteiger partial charge in [-0.25, -0.2) is 4.79 Å². The maximum absolute atomic E-state index is 13.2. The first-order chi connectivity index (χ1) is 21.8. The molecule has 2 aliphatic rings. The van der Waals surface area contributed by atoms with Crippen molar-refractivity contribution in [3.63, 3.8) is 0 Å². The molecular weight excluding hydrogens is 574 g/mol. The lowest BCUT2D eigenvalue weighted by atomic mass is 9.77. The number of hydrogen-bond acceptors (Lipinski definition) is 9. The number of carbonyl (C=O) groups excluding carboxylic acids is 1. The second-order valence-electron chi connectivity index (χ2n) is 10.8. The highest BCUT2D eigenvalue weighted by molar-refractivity contribution is 6.59. The third-order valence-corrected chi connectivity index (χ3v) is 8.11. The van der Waals surface area contributed by atoms with Crippen LogP contribution in [0.4, 0.5) is 0 Å². The Labute approximate surface area is 259 Å². The highest BCUT2D eigenvalue weighted by Gasteiger charge is 2.53. The minimum Gasteiger partial charge on any atom is -0.489 e. The smallest absolute Gasteiger partial charge is 0.488 e. The molecule has 0 saturated carbocycles. The second-order valence-corrected chi connectivity index (χ2v) is 10.8. The van der Waals surface area contributed by atoms with Gasteiger partial charge in [0.2, 0.25) is 0 Å². The molecule has 0 fully saturated rings. The fourth-order valence-corrected chi connectivity index (χ4v) is 5.97. The summed E-state index contributed by atoms with van der Waals surface area (Å²) >= 11 is 0. The summed E-state index contributed by atoms with van der Waals surface area (Å²) < 4.78 is 24.7. The van der Waals surface area contributed by atoms with Crippen molar-refractivity contribution in [2.75, 3.05) is 0 Å². The molecule has 7 rings (SSSR count). The van der Waals surface area contributed by atoms with Gasteiger partial charge in [0.25, 0.3) is 0 Å². The van der Waals surface area contributed by atoms with E-state index in [0.717, 1.165) is 0 Å². The maximum Gasteiger partial charge on any atom is 0.488 e. The van der Waals surface area contributed by atoms with Crippen molar-refractivity contribution >= 4 is 31.1 Å². The van der Waals surface area contributed by atoms with E-state index in [1.165, 1.54) is 0 Å². The van der Waals surface area contributed by atoms with Crippen LogP contribution in [-0.2, 0) is 23.6 Å². The topological polar surface area (TPSA) is 135 Å². The second kappa shape index (κ2) is 11.5. The number of ether oxygens (including phenoxy) is 4. The van der Waals surface area contributed by atoms with E-state index in [-0.39, 0.29) is 13.2 Å². The summed E-state index contributed by atoms with van der Waals surface area (Å²) in [5, 5.41) is 39.0. The average molecular weight is 600 g/mol. The summed E-state index contributed by atoms with van der Waals surface area (Å²) in [6.07, 6.45) is 0. The molecule has 1 spiro atoms. The fourth-order valence-electron chi connectivity index (χ4n) is 5.97. The van der Waals surface area contributed by atoms with Crippen LogP contribution in [0.5, 0.6) is 23.0 Å². The molecule has 0 bridgehead atoms. The van der Waals surface area contributed by atoms with Crippen LogP contribution in [0.3, 0.4) is 0 Å². The number of benzene rings is 5. The molecule has 0 saturated heterocycles. The zero-order valence-corrected chi connectivity index (χ0v) is 23.8. The summed E-state index contributed by atoms with van der Waals surface area (Å²) in [5.41, 5.74) is 3.00. The van der Waals surface area contributed by atoms with Crippen LogP contribution in [0.2, 0.25) is 0 Å². The van der Waals surface area contributed by atoms with Crippen molar-refractivity contribution in [2.45, 2.75) is 18.8 Å². The molecule has 0 radical (unpaired) electrons. The summed E-state index contributed by atoms with van der Waals surface area (Å²) in [6.45, 7) is 0.155. The molecule has 0 aromatic heterocycles. The molecule has 2 aliphatic heterocycles. The van der Waals surface area contributed by atoms with Crippen LogP contribution in [0.1, 0.15) is 38.2 Å². The van der Waals surface area contributed by atoms with Crippen molar-refractivity contribution in [1.82, 2.24) is 0 Å². The van der Waals surface area contributed by atoms with Gasteiger partial charge < -0.3 is 39.0 Å². The Balaban J connectivity index is 1.26. The minimum absolute atomic E-state index is 0.0775. The Hall–Kier alpha value is -5.06. The number of esters is 1. The van der Waals surface area contributed by atoms with E-state index in [1.54, 1.807) is 97.1 Å². The predicted octanol–water partition coefficient (Wildman–Crippen LogP) is 2.77. The predicted molar refractivity (Wildman–Crippen MR) is 166 cm³/mol. The molecule has 0 unspecified atom stereocenters. The van der Waals surface area contributed by atoms with Crippen molar-refractivity contribution in [1.29, 1.82) is 0 Å². The van der Waals surface area contributed by atoms with Crippen LogP contribution in [-0.4, -0.2) is 40.3 Å².